The van der Waals surface area contributed by atoms with Crippen molar-refractivity contribution in [3.63, 3.8) is 0 Å². The summed E-state index contributed by atoms with van der Waals surface area (Å²) in [6.07, 6.45) is 1.62. The molecule has 0 aliphatic heterocycles. The number of aromatic carboxylic acids is 1. The number of carbonyl (C=O) groups is 2. The quantitative estimate of drug-likeness (QED) is 0.643. The summed E-state index contributed by atoms with van der Waals surface area (Å²) in [5.41, 5.74) is 1.21. The van der Waals surface area contributed by atoms with Gasteiger partial charge in [0.1, 0.15) is 17.0 Å². The van der Waals surface area contributed by atoms with Crippen LogP contribution in [0.15, 0.2) is 29.8 Å². The van der Waals surface area contributed by atoms with Crippen molar-refractivity contribution in [2.24, 2.45) is 0 Å². The molecule has 0 aliphatic carbocycles. The number of phenols is 1. The van der Waals surface area contributed by atoms with E-state index in [0.717, 1.165) is 5.69 Å². The first kappa shape index (κ1) is 14.1. The number of carboxylic acids is 1. The van der Waals surface area contributed by atoms with E-state index < -0.39 is 11.9 Å². The summed E-state index contributed by atoms with van der Waals surface area (Å²) in [7, 11) is 0. The van der Waals surface area contributed by atoms with Crippen molar-refractivity contribution in [2.75, 3.05) is 5.32 Å². The number of imidazole rings is 1. The number of rotatable bonds is 3. The molecule has 0 bridgehead atoms. The topological polar surface area (TPSA) is 104 Å². The Bertz CT molecular complexity index is 897. The van der Waals surface area contributed by atoms with Gasteiger partial charge in [0.25, 0.3) is 5.91 Å². The first-order valence-corrected chi connectivity index (χ1v) is 7.14. The van der Waals surface area contributed by atoms with Crippen LogP contribution in [0.25, 0.3) is 4.96 Å². The Hall–Kier alpha value is -2.87. The largest absolute Gasteiger partial charge is 0.507 e. The van der Waals surface area contributed by atoms with Crippen LogP contribution in [0, 0.1) is 6.92 Å². The molecule has 0 radical (unpaired) electrons. The number of aromatic hydroxyl groups is 1. The first-order valence-electron chi connectivity index (χ1n) is 6.26. The molecular weight excluding hydrogens is 306 g/mol. The van der Waals surface area contributed by atoms with Crippen LogP contribution in [0.5, 0.6) is 5.75 Å². The van der Waals surface area contributed by atoms with Gasteiger partial charge in [0.2, 0.25) is 0 Å². The fraction of sp³-hybridized carbons (Fsp3) is 0.0714. The maximum absolute atomic E-state index is 12.2. The molecule has 8 heteroatoms. The number of carboxylic acid groups (broad SMARTS) is 1. The van der Waals surface area contributed by atoms with Crippen LogP contribution < -0.4 is 5.32 Å². The molecule has 0 saturated carbocycles. The van der Waals surface area contributed by atoms with Crippen molar-refractivity contribution in [1.29, 1.82) is 0 Å². The predicted molar refractivity (Wildman–Crippen MR) is 80.8 cm³/mol. The average molecular weight is 317 g/mol. The van der Waals surface area contributed by atoms with Gasteiger partial charge in [0, 0.05) is 23.0 Å². The van der Waals surface area contributed by atoms with Crippen molar-refractivity contribution < 1.29 is 19.8 Å². The molecule has 0 aliphatic rings. The van der Waals surface area contributed by atoms with Crippen molar-refractivity contribution >= 4 is 33.9 Å². The molecular formula is C14H11N3O4S. The first-order chi connectivity index (χ1) is 10.5. The number of nitrogens with zero attached hydrogens (tertiary/aromatic N) is 2. The van der Waals surface area contributed by atoms with Gasteiger partial charge in [0.15, 0.2) is 4.96 Å². The third-order valence-electron chi connectivity index (χ3n) is 3.11. The third-order valence-corrected chi connectivity index (χ3v) is 4.06. The van der Waals surface area contributed by atoms with E-state index >= 15 is 0 Å². The lowest BCUT2D eigenvalue weighted by Gasteiger charge is -2.05. The molecule has 1 aromatic carbocycles. The molecule has 0 atom stereocenters. The summed E-state index contributed by atoms with van der Waals surface area (Å²) in [5, 5.41) is 22.9. The highest BCUT2D eigenvalue weighted by molar-refractivity contribution is 7.15. The third kappa shape index (κ3) is 2.40. The highest BCUT2D eigenvalue weighted by Crippen LogP contribution is 2.22. The minimum atomic E-state index is -1.27. The normalized spacial score (nSPS) is 10.8. The van der Waals surface area contributed by atoms with Gasteiger partial charge < -0.3 is 15.5 Å². The second kappa shape index (κ2) is 5.15. The van der Waals surface area contributed by atoms with Crippen LogP contribution in [-0.4, -0.2) is 31.5 Å². The Morgan fingerprint density at radius 2 is 2.14 bits per heavy atom. The number of nitrogens with one attached hydrogen (secondary N) is 1. The van der Waals surface area contributed by atoms with E-state index in [9.17, 15) is 14.7 Å². The van der Waals surface area contributed by atoms with Gasteiger partial charge in [-0.25, -0.2) is 9.78 Å². The van der Waals surface area contributed by atoms with Gasteiger partial charge in [-0.3, -0.25) is 9.20 Å². The molecule has 22 heavy (non-hydrogen) atoms. The van der Waals surface area contributed by atoms with E-state index in [1.807, 2.05) is 12.3 Å². The van der Waals surface area contributed by atoms with Crippen LogP contribution in [0.2, 0.25) is 0 Å². The number of fused-ring (bicyclic) bond motifs is 1. The molecule has 7 nitrogen and oxygen atoms in total. The lowest BCUT2D eigenvalue weighted by atomic mass is 10.2. The number of thiazole rings is 1. The zero-order chi connectivity index (χ0) is 15.9. The van der Waals surface area contributed by atoms with Crippen molar-refractivity contribution in [1.82, 2.24) is 9.38 Å². The second-order valence-corrected chi connectivity index (χ2v) is 5.48. The molecule has 2 aromatic heterocycles. The highest BCUT2D eigenvalue weighted by Gasteiger charge is 2.15. The van der Waals surface area contributed by atoms with E-state index in [-0.39, 0.29) is 22.7 Å². The number of benzene rings is 1. The molecule has 3 N–H and O–H groups in total. The summed E-state index contributed by atoms with van der Waals surface area (Å²) in [5.74, 6) is -2.08. The number of hydrogen-bond donors (Lipinski definition) is 3. The molecule has 3 rings (SSSR count). The Morgan fingerprint density at radius 3 is 2.82 bits per heavy atom. The summed E-state index contributed by atoms with van der Waals surface area (Å²) in [4.78, 5) is 28.0. The molecule has 0 saturated heterocycles. The van der Waals surface area contributed by atoms with E-state index in [1.165, 1.54) is 29.5 Å². The summed E-state index contributed by atoms with van der Waals surface area (Å²) in [6.45, 7) is 1.91. The number of amides is 1. The van der Waals surface area contributed by atoms with Crippen molar-refractivity contribution in [3.05, 3.63) is 46.7 Å². The summed E-state index contributed by atoms with van der Waals surface area (Å²) < 4.78 is 1.80. The van der Waals surface area contributed by atoms with Gasteiger partial charge in [0.05, 0.1) is 0 Å². The van der Waals surface area contributed by atoms with Gasteiger partial charge >= 0.3 is 5.97 Å². The van der Waals surface area contributed by atoms with Crippen molar-refractivity contribution in [3.8, 4) is 5.75 Å². The molecule has 3 aromatic rings. The van der Waals surface area contributed by atoms with Gasteiger partial charge in [-0.1, -0.05) is 0 Å². The fourth-order valence-electron chi connectivity index (χ4n) is 1.98. The van der Waals surface area contributed by atoms with Gasteiger partial charge in [-0.2, -0.15) is 0 Å². The lowest BCUT2D eigenvalue weighted by Crippen LogP contribution is -2.13. The molecule has 2 heterocycles. The number of aryl methyl sites for hydroxylation is 1. The smallest absolute Gasteiger partial charge is 0.339 e. The molecule has 0 fully saturated rings. The molecule has 112 valence electrons. The number of hydrogen-bond acceptors (Lipinski definition) is 5. The second-order valence-electron chi connectivity index (χ2n) is 4.65. The van der Waals surface area contributed by atoms with Gasteiger partial charge in [-0.15, -0.1) is 11.3 Å². The zero-order valence-electron chi connectivity index (χ0n) is 11.4. The maximum atomic E-state index is 12.2. The van der Waals surface area contributed by atoms with E-state index in [2.05, 4.69) is 10.3 Å². The predicted octanol–water partition coefficient (Wildman–Crippen LogP) is 2.36. The fourth-order valence-corrected chi connectivity index (χ4v) is 2.83. The Labute approximate surface area is 128 Å². The van der Waals surface area contributed by atoms with Crippen molar-refractivity contribution in [2.45, 2.75) is 6.92 Å². The lowest BCUT2D eigenvalue weighted by molar-refractivity contribution is 0.0693. The highest BCUT2D eigenvalue weighted by atomic mass is 32.1. The average Bonchev–Trinajstić information content (AvgIpc) is 3.03. The molecule has 1 amide bonds. The van der Waals surface area contributed by atoms with Gasteiger partial charge in [-0.05, 0) is 25.1 Å². The van der Waals surface area contributed by atoms with Crippen LogP contribution >= 0.6 is 11.3 Å². The molecule has 0 spiro atoms. The zero-order valence-corrected chi connectivity index (χ0v) is 12.2. The Kier molecular flexibility index (Phi) is 3.30. The van der Waals surface area contributed by atoms with E-state index in [4.69, 9.17) is 5.11 Å². The van der Waals surface area contributed by atoms with Crippen LogP contribution in [-0.2, 0) is 0 Å². The standard InChI is InChI=1S/C14H11N3O4S/c1-7-6-22-14-16-10(5-17(7)14)12(19)15-8-2-3-11(18)9(4-8)13(20)21/h2-6,18H,1H3,(H,15,19)(H,20,21). The Balaban J connectivity index is 1.87. The Morgan fingerprint density at radius 1 is 1.36 bits per heavy atom. The number of carbonyl (C=O) groups excluding carboxylic acids is 1. The summed E-state index contributed by atoms with van der Waals surface area (Å²) >= 11 is 1.43. The van der Waals surface area contributed by atoms with Crippen LogP contribution in [0.3, 0.4) is 0 Å². The van der Waals surface area contributed by atoms with Crippen LogP contribution in [0.4, 0.5) is 5.69 Å². The van der Waals surface area contributed by atoms with E-state index in [1.54, 1.807) is 10.6 Å². The number of anilines is 1. The monoisotopic (exact) mass is 317 g/mol. The van der Waals surface area contributed by atoms with E-state index in [0.29, 0.717) is 4.96 Å². The summed E-state index contributed by atoms with van der Waals surface area (Å²) in [6, 6.07) is 3.83. The minimum Gasteiger partial charge on any atom is -0.507 e. The number of aromatic nitrogens is 2. The maximum Gasteiger partial charge on any atom is 0.339 e. The molecule has 0 unspecified atom stereocenters. The van der Waals surface area contributed by atoms with Crippen LogP contribution in [0.1, 0.15) is 26.5 Å². The minimum absolute atomic E-state index is 0.236. The SMILES string of the molecule is Cc1csc2nc(C(=O)Nc3ccc(O)c(C(=O)O)c3)cn12.